The summed E-state index contributed by atoms with van der Waals surface area (Å²) in [6.45, 7) is 4.97. The average molecular weight is 399 g/mol. The molecule has 0 aliphatic carbocycles. The molecule has 0 bridgehead atoms. The van der Waals surface area contributed by atoms with Crippen LogP contribution in [0.5, 0.6) is 11.5 Å². The van der Waals surface area contributed by atoms with Crippen LogP contribution in [0.2, 0.25) is 0 Å². The van der Waals surface area contributed by atoms with E-state index in [-0.39, 0.29) is 18.2 Å². The first-order valence-electron chi connectivity index (χ1n) is 9.71. The third kappa shape index (κ3) is 7.14. The lowest BCUT2D eigenvalue weighted by atomic mass is 10.1. The second-order valence-corrected chi connectivity index (χ2v) is 6.96. The number of aryl methyl sites for hydroxylation is 1. The molecule has 2 aromatic carbocycles. The summed E-state index contributed by atoms with van der Waals surface area (Å²) in [4.78, 5) is 25.8. The molecule has 0 fully saturated rings. The number of hydrogen-bond donors (Lipinski definition) is 1. The highest BCUT2D eigenvalue weighted by molar-refractivity contribution is 5.78. The minimum absolute atomic E-state index is 0.0446. The molecule has 2 aromatic rings. The van der Waals surface area contributed by atoms with Crippen molar-refractivity contribution in [3.05, 3.63) is 59.2 Å². The van der Waals surface area contributed by atoms with Gasteiger partial charge in [-0.05, 0) is 36.6 Å². The molecule has 1 N–H and O–H groups in total. The standard InChI is InChI=1S/C23H30N2O4/c1-17-5-7-20(8-6-17)16-24-23(27)12-14-25(18(2)26)13-11-19-9-10-21(28-3)22(15-19)29-4/h5-10,15H,11-14,16H2,1-4H3,(H,24,27). The minimum atomic E-state index is -0.0667. The summed E-state index contributed by atoms with van der Waals surface area (Å²) >= 11 is 0. The fourth-order valence-corrected chi connectivity index (χ4v) is 2.96. The first-order valence-corrected chi connectivity index (χ1v) is 9.71. The van der Waals surface area contributed by atoms with Crippen LogP contribution in [0, 0.1) is 6.92 Å². The van der Waals surface area contributed by atoms with Crippen molar-refractivity contribution in [2.75, 3.05) is 27.3 Å². The lowest BCUT2D eigenvalue weighted by Gasteiger charge is -2.21. The van der Waals surface area contributed by atoms with E-state index < -0.39 is 0 Å². The van der Waals surface area contributed by atoms with E-state index in [9.17, 15) is 9.59 Å². The van der Waals surface area contributed by atoms with Gasteiger partial charge in [-0.25, -0.2) is 0 Å². The van der Waals surface area contributed by atoms with Crippen molar-refractivity contribution < 1.29 is 19.1 Å². The number of carbonyl (C=O) groups excluding carboxylic acids is 2. The van der Waals surface area contributed by atoms with Gasteiger partial charge in [0.2, 0.25) is 11.8 Å². The number of methoxy groups -OCH3 is 2. The van der Waals surface area contributed by atoms with E-state index in [2.05, 4.69) is 5.32 Å². The molecular weight excluding hydrogens is 368 g/mol. The van der Waals surface area contributed by atoms with Crippen LogP contribution in [0.4, 0.5) is 0 Å². The third-order valence-electron chi connectivity index (χ3n) is 4.78. The Labute approximate surface area is 172 Å². The zero-order valence-corrected chi connectivity index (χ0v) is 17.7. The van der Waals surface area contributed by atoms with Crippen LogP contribution in [0.15, 0.2) is 42.5 Å². The highest BCUT2D eigenvalue weighted by Gasteiger charge is 2.12. The van der Waals surface area contributed by atoms with E-state index in [1.54, 1.807) is 19.1 Å². The highest BCUT2D eigenvalue weighted by atomic mass is 16.5. The monoisotopic (exact) mass is 398 g/mol. The quantitative estimate of drug-likeness (QED) is 0.668. The van der Waals surface area contributed by atoms with Crippen LogP contribution in [-0.4, -0.2) is 44.0 Å². The van der Waals surface area contributed by atoms with Crippen molar-refractivity contribution in [2.45, 2.75) is 33.2 Å². The van der Waals surface area contributed by atoms with E-state index in [1.165, 1.54) is 12.5 Å². The first kappa shape index (κ1) is 22.3. The lowest BCUT2D eigenvalue weighted by molar-refractivity contribution is -0.129. The largest absolute Gasteiger partial charge is 0.493 e. The number of nitrogens with one attached hydrogen (secondary N) is 1. The van der Waals surface area contributed by atoms with Gasteiger partial charge in [0, 0.05) is 33.0 Å². The van der Waals surface area contributed by atoms with Crippen molar-refractivity contribution >= 4 is 11.8 Å². The maximum absolute atomic E-state index is 12.2. The average Bonchev–Trinajstić information content (AvgIpc) is 2.72. The lowest BCUT2D eigenvalue weighted by Crippen LogP contribution is -2.35. The molecule has 0 atom stereocenters. The van der Waals surface area contributed by atoms with Gasteiger partial charge in [-0.3, -0.25) is 9.59 Å². The zero-order chi connectivity index (χ0) is 21.2. The molecule has 0 saturated carbocycles. The molecule has 0 aromatic heterocycles. The van der Waals surface area contributed by atoms with Crippen LogP contribution in [-0.2, 0) is 22.6 Å². The third-order valence-corrected chi connectivity index (χ3v) is 4.78. The van der Waals surface area contributed by atoms with E-state index in [1.807, 2.05) is 49.4 Å². The number of ether oxygens (including phenoxy) is 2. The molecule has 0 heterocycles. The van der Waals surface area contributed by atoms with Gasteiger partial charge in [-0.1, -0.05) is 35.9 Å². The maximum atomic E-state index is 12.2. The fourth-order valence-electron chi connectivity index (χ4n) is 2.96. The van der Waals surface area contributed by atoms with Crippen molar-refractivity contribution in [1.29, 1.82) is 0 Å². The molecule has 0 radical (unpaired) electrons. The van der Waals surface area contributed by atoms with Crippen LogP contribution in [0.25, 0.3) is 0 Å². The summed E-state index contributed by atoms with van der Waals surface area (Å²) < 4.78 is 10.6. The Balaban J connectivity index is 1.82. The van der Waals surface area contributed by atoms with Gasteiger partial charge in [0.05, 0.1) is 14.2 Å². The zero-order valence-electron chi connectivity index (χ0n) is 17.7. The predicted molar refractivity (Wildman–Crippen MR) is 113 cm³/mol. The Bertz CT molecular complexity index is 818. The predicted octanol–water partition coefficient (Wildman–Crippen LogP) is 3.11. The van der Waals surface area contributed by atoms with Gasteiger partial charge >= 0.3 is 0 Å². The Morgan fingerprint density at radius 1 is 0.931 bits per heavy atom. The number of hydrogen-bond acceptors (Lipinski definition) is 4. The Kier molecular flexibility index (Phi) is 8.52. The normalized spacial score (nSPS) is 10.3. The van der Waals surface area contributed by atoms with E-state index in [0.29, 0.717) is 37.6 Å². The van der Waals surface area contributed by atoms with Crippen LogP contribution in [0.1, 0.15) is 30.0 Å². The highest BCUT2D eigenvalue weighted by Crippen LogP contribution is 2.27. The number of benzene rings is 2. The summed E-state index contributed by atoms with van der Waals surface area (Å²) in [7, 11) is 3.19. The summed E-state index contributed by atoms with van der Waals surface area (Å²) in [5.74, 6) is 1.22. The molecule has 0 aliphatic heterocycles. The number of amides is 2. The van der Waals surface area contributed by atoms with Gasteiger partial charge in [-0.15, -0.1) is 0 Å². The van der Waals surface area contributed by atoms with Crippen molar-refractivity contribution in [3.63, 3.8) is 0 Å². The summed E-state index contributed by atoms with van der Waals surface area (Å²) in [6, 6.07) is 13.8. The number of rotatable bonds is 10. The molecule has 0 spiro atoms. The van der Waals surface area contributed by atoms with Crippen molar-refractivity contribution in [3.8, 4) is 11.5 Å². The molecule has 0 unspecified atom stereocenters. The molecule has 0 saturated heterocycles. The van der Waals surface area contributed by atoms with Gasteiger partial charge < -0.3 is 19.7 Å². The van der Waals surface area contributed by atoms with E-state index in [4.69, 9.17) is 9.47 Å². The fraction of sp³-hybridized carbons (Fsp3) is 0.391. The summed E-state index contributed by atoms with van der Waals surface area (Å²) in [6.07, 6.45) is 0.947. The molecule has 2 rings (SSSR count). The van der Waals surface area contributed by atoms with Crippen LogP contribution >= 0.6 is 0 Å². The molecule has 6 heteroatoms. The molecule has 156 valence electrons. The maximum Gasteiger partial charge on any atom is 0.222 e. The van der Waals surface area contributed by atoms with Gasteiger partial charge in [0.25, 0.3) is 0 Å². The second kappa shape index (κ2) is 11.1. The Morgan fingerprint density at radius 2 is 1.59 bits per heavy atom. The topological polar surface area (TPSA) is 67.9 Å². The van der Waals surface area contributed by atoms with Gasteiger partial charge in [0.1, 0.15) is 0 Å². The van der Waals surface area contributed by atoms with Crippen LogP contribution < -0.4 is 14.8 Å². The van der Waals surface area contributed by atoms with E-state index in [0.717, 1.165) is 11.1 Å². The van der Waals surface area contributed by atoms with E-state index >= 15 is 0 Å². The van der Waals surface area contributed by atoms with Gasteiger partial charge in [0.15, 0.2) is 11.5 Å². The Hall–Kier alpha value is -3.02. The molecule has 0 aliphatic rings. The van der Waals surface area contributed by atoms with Gasteiger partial charge in [-0.2, -0.15) is 0 Å². The van der Waals surface area contributed by atoms with Crippen LogP contribution in [0.3, 0.4) is 0 Å². The SMILES string of the molecule is COc1ccc(CCN(CCC(=O)NCc2ccc(C)cc2)C(C)=O)cc1OC. The second-order valence-electron chi connectivity index (χ2n) is 6.96. The summed E-state index contributed by atoms with van der Waals surface area (Å²) in [5.41, 5.74) is 3.28. The summed E-state index contributed by atoms with van der Waals surface area (Å²) in [5, 5.41) is 2.91. The van der Waals surface area contributed by atoms with Crippen molar-refractivity contribution in [2.24, 2.45) is 0 Å². The molecule has 6 nitrogen and oxygen atoms in total. The Morgan fingerprint density at radius 3 is 2.21 bits per heavy atom. The number of nitrogens with zero attached hydrogens (tertiary/aromatic N) is 1. The smallest absolute Gasteiger partial charge is 0.222 e. The molecule has 29 heavy (non-hydrogen) atoms. The number of carbonyl (C=O) groups is 2. The molecular formula is C23H30N2O4. The minimum Gasteiger partial charge on any atom is -0.493 e. The first-order chi connectivity index (χ1) is 13.9. The van der Waals surface area contributed by atoms with Crippen molar-refractivity contribution in [1.82, 2.24) is 10.2 Å². The molecule has 2 amide bonds.